The van der Waals surface area contributed by atoms with E-state index in [2.05, 4.69) is 10.2 Å². The normalized spacial score (nSPS) is 10.2. The number of rotatable bonds is 3. The third-order valence-electron chi connectivity index (χ3n) is 2.68. The molecule has 20 heavy (non-hydrogen) atoms. The molecule has 1 aromatic heterocycles. The van der Waals surface area contributed by atoms with Gasteiger partial charge in [0.05, 0.1) is 0 Å². The van der Waals surface area contributed by atoms with Crippen molar-refractivity contribution in [2.24, 2.45) is 0 Å². The van der Waals surface area contributed by atoms with Gasteiger partial charge in [-0.3, -0.25) is 4.79 Å². The first-order valence-electron chi connectivity index (χ1n) is 6.07. The van der Waals surface area contributed by atoms with E-state index in [9.17, 15) is 4.79 Å². The van der Waals surface area contributed by atoms with Gasteiger partial charge in [-0.15, -0.1) is 10.2 Å². The molecule has 2 aromatic rings. The number of nitrogen functional groups attached to an aromatic ring is 1. The minimum Gasteiger partial charge on any atom is -0.437 e. The summed E-state index contributed by atoms with van der Waals surface area (Å²) in [7, 11) is 3.32. The second-order valence-electron chi connectivity index (χ2n) is 4.58. The van der Waals surface area contributed by atoms with Crippen molar-refractivity contribution < 1.29 is 9.53 Å². The van der Waals surface area contributed by atoms with Gasteiger partial charge in [0.1, 0.15) is 5.75 Å². The maximum atomic E-state index is 11.7. The monoisotopic (exact) mass is 272 g/mol. The number of carbonyl (C=O) groups is 1. The highest BCUT2D eigenvalue weighted by molar-refractivity contribution is 5.91. The third-order valence-corrected chi connectivity index (χ3v) is 2.68. The first-order valence-corrected chi connectivity index (χ1v) is 6.07. The molecule has 2 rings (SSSR count). The molecule has 0 saturated heterocycles. The molecule has 0 fully saturated rings. The molecule has 0 aliphatic carbocycles. The van der Waals surface area contributed by atoms with Crippen LogP contribution in [0.25, 0.3) is 0 Å². The number of hydrogen-bond donors (Lipinski definition) is 1. The zero-order chi connectivity index (χ0) is 14.7. The third kappa shape index (κ3) is 3.03. The molecule has 1 aromatic carbocycles. The van der Waals surface area contributed by atoms with E-state index in [4.69, 9.17) is 10.5 Å². The molecule has 1 heterocycles. The Bertz CT molecular complexity index is 624. The fourth-order valence-corrected chi connectivity index (χ4v) is 1.62. The van der Waals surface area contributed by atoms with E-state index < -0.39 is 0 Å². The number of benzene rings is 1. The number of nitrogens with zero attached hydrogens (tertiary/aromatic N) is 3. The summed E-state index contributed by atoms with van der Waals surface area (Å²) in [5, 5.41) is 7.74. The first-order chi connectivity index (χ1) is 9.47. The van der Waals surface area contributed by atoms with Crippen LogP contribution in [-0.2, 0) is 0 Å². The van der Waals surface area contributed by atoms with Crippen LogP contribution in [-0.4, -0.2) is 35.1 Å². The lowest BCUT2D eigenvalue weighted by Gasteiger charge is -2.10. The van der Waals surface area contributed by atoms with Gasteiger partial charge in [-0.05, 0) is 36.8 Å². The average molecular weight is 272 g/mol. The van der Waals surface area contributed by atoms with Gasteiger partial charge in [0.15, 0.2) is 5.69 Å². The van der Waals surface area contributed by atoms with Crippen molar-refractivity contribution in [3.05, 3.63) is 41.6 Å². The van der Waals surface area contributed by atoms with Crippen LogP contribution in [0.3, 0.4) is 0 Å². The highest BCUT2D eigenvalue weighted by Crippen LogP contribution is 2.24. The summed E-state index contributed by atoms with van der Waals surface area (Å²) >= 11 is 0. The molecular formula is C14H16N4O2. The Labute approximate surface area is 117 Å². The van der Waals surface area contributed by atoms with E-state index in [1.165, 1.54) is 4.90 Å². The fraction of sp³-hybridized carbons (Fsp3) is 0.214. The zero-order valence-electron chi connectivity index (χ0n) is 11.6. The van der Waals surface area contributed by atoms with Crippen molar-refractivity contribution in [1.82, 2.24) is 15.1 Å². The van der Waals surface area contributed by atoms with Crippen LogP contribution in [0.1, 0.15) is 16.1 Å². The van der Waals surface area contributed by atoms with Crippen LogP contribution >= 0.6 is 0 Å². The Kier molecular flexibility index (Phi) is 3.84. The number of ether oxygens (including phenoxy) is 1. The second-order valence-corrected chi connectivity index (χ2v) is 4.58. The molecule has 0 aliphatic rings. The lowest BCUT2D eigenvalue weighted by molar-refractivity contribution is 0.0820. The van der Waals surface area contributed by atoms with E-state index in [1.54, 1.807) is 38.4 Å². The van der Waals surface area contributed by atoms with Crippen molar-refractivity contribution in [3.8, 4) is 11.6 Å². The average Bonchev–Trinajstić information content (AvgIpc) is 2.42. The lowest BCUT2D eigenvalue weighted by atomic mass is 10.2. The molecule has 2 N–H and O–H groups in total. The van der Waals surface area contributed by atoms with E-state index in [0.29, 0.717) is 17.3 Å². The van der Waals surface area contributed by atoms with Crippen molar-refractivity contribution in [1.29, 1.82) is 0 Å². The number of nitrogens with two attached hydrogens (primary N) is 1. The van der Waals surface area contributed by atoms with Gasteiger partial charge in [0.2, 0.25) is 5.88 Å². The minimum absolute atomic E-state index is 0.201. The molecule has 104 valence electrons. The van der Waals surface area contributed by atoms with E-state index in [1.807, 2.05) is 13.0 Å². The largest absolute Gasteiger partial charge is 0.437 e. The molecule has 0 atom stereocenters. The maximum absolute atomic E-state index is 11.7. The number of aromatic nitrogens is 2. The smallest absolute Gasteiger partial charge is 0.273 e. The summed E-state index contributed by atoms with van der Waals surface area (Å²) in [6.45, 7) is 1.89. The SMILES string of the molecule is Cc1cc(N)ccc1Oc1ccc(C(=O)N(C)C)nn1. The number of aryl methyl sites for hydroxylation is 1. The minimum atomic E-state index is -0.201. The molecule has 0 radical (unpaired) electrons. The topological polar surface area (TPSA) is 81.3 Å². The van der Waals surface area contributed by atoms with Gasteiger partial charge in [-0.25, -0.2) is 0 Å². The molecule has 0 aliphatic heterocycles. The predicted octanol–water partition coefficient (Wildman–Crippen LogP) is 1.86. The lowest BCUT2D eigenvalue weighted by Crippen LogP contribution is -2.23. The molecule has 0 bridgehead atoms. The number of carbonyl (C=O) groups excluding carboxylic acids is 1. The summed E-state index contributed by atoms with van der Waals surface area (Å²) in [6.07, 6.45) is 0. The standard InChI is InChI=1S/C14H16N4O2/c1-9-8-10(15)4-6-12(9)20-13-7-5-11(16-17-13)14(19)18(2)3/h4-8H,15H2,1-3H3. The number of amides is 1. The highest BCUT2D eigenvalue weighted by Gasteiger charge is 2.11. The van der Waals surface area contributed by atoms with Crippen LogP contribution in [0.5, 0.6) is 11.6 Å². The molecule has 6 nitrogen and oxygen atoms in total. The second kappa shape index (κ2) is 5.56. The summed E-state index contributed by atoms with van der Waals surface area (Å²) in [4.78, 5) is 13.1. The Balaban J connectivity index is 2.17. The van der Waals surface area contributed by atoms with Crippen molar-refractivity contribution in [2.45, 2.75) is 6.92 Å². The Hall–Kier alpha value is -2.63. The molecular weight excluding hydrogens is 256 g/mol. The molecule has 1 amide bonds. The Morgan fingerprint density at radius 1 is 1.20 bits per heavy atom. The molecule has 0 unspecified atom stereocenters. The summed E-state index contributed by atoms with van der Waals surface area (Å²) in [5.74, 6) is 0.779. The van der Waals surface area contributed by atoms with Gasteiger partial charge in [0, 0.05) is 25.8 Å². The van der Waals surface area contributed by atoms with E-state index >= 15 is 0 Å². The zero-order valence-corrected chi connectivity index (χ0v) is 11.6. The summed E-state index contributed by atoms with van der Waals surface area (Å²) < 4.78 is 5.61. The highest BCUT2D eigenvalue weighted by atomic mass is 16.5. The van der Waals surface area contributed by atoms with Crippen LogP contribution < -0.4 is 10.5 Å². The van der Waals surface area contributed by atoms with Crippen molar-refractivity contribution in [3.63, 3.8) is 0 Å². The van der Waals surface area contributed by atoms with Crippen LogP contribution in [0.2, 0.25) is 0 Å². The number of hydrogen-bond acceptors (Lipinski definition) is 5. The van der Waals surface area contributed by atoms with Gasteiger partial charge >= 0.3 is 0 Å². The first kappa shape index (κ1) is 13.8. The molecule has 0 spiro atoms. The Morgan fingerprint density at radius 2 is 1.95 bits per heavy atom. The van der Waals surface area contributed by atoms with Gasteiger partial charge in [-0.2, -0.15) is 0 Å². The quantitative estimate of drug-likeness (QED) is 0.862. The van der Waals surface area contributed by atoms with Crippen LogP contribution in [0, 0.1) is 6.92 Å². The van der Waals surface area contributed by atoms with Gasteiger partial charge in [0.25, 0.3) is 5.91 Å². The van der Waals surface area contributed by atoms with Crippen LogP contribution in [0.4, 0.5) is 5.69 Å². The number of anilines is 1. The van der Waals surface area contributed by atoms with E-state index in [-0.39, 0.29) is 11.6 Å². The van der Waals surface area contributed by atoms with Crippen molar-refractivity contribution in [2.75, 3.05) is 19.8 Å². The molecule has 6 heteroatoms. The van der Waals surface area contributed by atoms with Gasteiger partial charge < -0.3 is 15.4 Å². The summed E-state index contributed by atoms with van der Waals surface area (Å²) in [5.41, 5.74) is 7.53. The van der Waals surface area contributed by atoms with Gasteiger partial charge in [-0.1, -0.05) is 0 Å². The summed E-state index contributed by atoms with van der Waals surface area (Å²) in [6, 6.07) is 8.52. The molecule has 0 saturated carbocycles. The van der Waals surface area contributed by atoms with Crippen LogP contribution in [0.15, 0.2) is 30.3 Å². The Morgan fingerprint density at radius 3 is 2.50 bits per heavy atom. The van der Waals surface area contributed by atoms with E-state index in [0.717, 1.165) is 5.56 Å². The predicted molar refractivity (Wildman–Crippen MR) is 75.7 cm³/mol. The fourth-order valence-electron chi connectivity index (χ4n) is 1.62. The maximum Gasteiger partial charge on any atom is 0.273 e. The van der Waals surface area contributed by atoms with Crippen molar-refractivity contribution >= 4 is 11.6 Å².